The molecule has 0 unspecified atom stereocenters. The molecule has 2 N–H and O–H groups in total. The molecule has 184 valence electrons. The van der Waals surface area contributed by atoms with Crippen molar-refractivity contribution in [1.82, 2.24) is 14.8 Å². The number of carboxylic acid groups (broad SMARTS) is 1. The summed E-state index contributed by atoms with van der Waals surface area (Å²) in [5, 5.41) is 23.7. The Hall–Kier alpha value is -3.52. The zero-order valence-electron chi connectivity index (χ0n) is 20.4. The fraction of sp³-hybridized carbons (Fsp3) is 0.407. The van der Waals surface area contributed by atoms with Crippen molar-refractivity contribution in [2.75, 3.05) is 4.90 Å². The maximum atomic E-state index is 13.5. The van der Waals surface area contributed by atoms with Gasteiger partial charge in [-0.25, -0.2) is 9.48 Å². The van der Waals surface area contributed by atoms with Gasteiger partial charge < -0.3 is 10.2 Å². The van der Waals surface area contributed by atoms with Crippen LogP contribution in [-0.4, -0.2) is 42.9 Å². The Kier molecular flexibility index (Phi) is 7.31. The van der Waals surface area contributed by atoms with E-state index in [-0.39, 0.29) is 35.9 Å². The highest BCUT2D eigenvalue weighted by molar-refractivity contribution is 6.01. The molecule has 4 rings (SSSR count). The molecule has 1 fully saturated rings. The first-order valence-corrected chi connectivity index (χ1v) is 12.1. The summed E-state index contributed by atoms with van der Waals surface area (Å²) >= 11 is 0. The van der Waals surface area contributed by atoms with Crippen LogP contribution in [-0.2, 0) is 11.4 Å². The van der Waals surface area contributed by atoms with Crippen LogP contribution in [0.4, 0.5) is 5.82 Å². The van der Waals surface area contributed by atoms with E-state index in [0.29, 0.717) is 11.6 Å². The highest BCUT2D eigenvalue weighted by atomic mass is 16.4. The number of hydrogen-bond donors (Lipinski definition) is 2. The second-order valence-electron chi connectivity index (χ2n) is 9.63. The number of amides is 1. The Morgan fingerprint density at radius 3 is 2.31 bits per heavy atom. The molecule has 35 heavy (non-hydrogen) atoms. The molecule has 0 atom stereocenters. The first kappa shape index (κ1) is 24.6. The van der Waals surface area contributed by atoms with Gasteiger partial charge in [0.2, 0.25) is 5.91 Å². The maximum absolute atomic E-state index is 13.5. The van der Waals surface area contributed by atoms with Gasteiger partial charge in [-0.05, 0) is 69.2 Å². The number of aromatic carboxylic acids is 1. The third-order valence-corrected chi connectivity index (χ3v) is 6.71. The number of carbonyl (C=O) groups excluding carboxylic acids is 1. The predicted octanol–water partition coefficient (Wildman–Crippen LogP) is 4.69. The van der Waals surface area contributed by atoms with Crippen LogP contribution in [0.25, 0.3) is 16.9 Å². The SMILES string of the molecule is CC(C)N(c1nn(-c2ccc(-c3ccc(CO)cn3)cc2)cc1C(=O)O)C(=O)[C@H]1CC[C@H](C)CC1. The maximum Gasteiger partial charge on any atom is 0.341 e. The van der Waals surface area contributed by atoms with Gasteiger partial charge >= 0.3 is 5.97 Å². The number of benzene rings is 1. The van der Waals surface area contributed by atoms with Gasteiger partial charge in [0.25, 0.3) is 0 Å². The lowest BCUT2D eigenvalue weighted by Crippen LogP contribution is -2.43. The lowest BCUT2D eigenvalue weighted by Gasteiger charge is -2.32. The van der Waals surface area contributed by atoms with E-state index < -0.39 is 5.97 Å². The molecule has 1 aromatic carbocycles. The van der Waals surface area contributed by atoms with Crippen molar-refractivity contribution in [3.8, 4) is 16.9 Å². The van der Waals surface area contributed by atoms with Crippen LogP contribution in [0.15, 0.2) is 48.8 Å². The smallest absolute Gasteiger partial charge is 0.341 e. The number of nitrogens with zero attached hydrogens (tertiary/aromatic N) is 4. The van der Waals surface area contributed by atoms with Crippen molar-refractivity contribution < 1.29 is 19.8 Å². The van der Waals surface area contributed by atoms with Crippen molar-refractivity contribution in [3.05, 3.63) is 59.9 Å². The molecule has 0 radical (unpaired) electrons. The van der Waals surface area contributed by atoms with E-state index in [1.54, 1.807) is 11.1 Å². The monoisotopic (exact) mass is 476 g/mol. The molecule has 1 amide bonds. The summed E-state index contributed by atoms with van der Waals surface area (Å²) in [6, 6.07) is 10.9. The zero-order valence-corrected chi connectivity index (χ0v) is 20.4. The number of aliphatic hydroxyl groups is 1. The highest BCUT2D eigenvalue weighted by Crippen LogP contribution is 2.33. The lowest BCUT2D eigenvalue weighted by molar-refractivity contribution is -0.124. The third kappa shape index (κ3) is 5.27. The van der Waals surface area contributed by atoms with E-state index in [1.807, 2.05) is 50.2 Å². The van der Waals surface area contributed by atoms with E-state index in [9.17, 15) is 19.8 Å². The Labute approximate surface area is 205 Å². The molecule has 2 aromatic heterocycles. The Morgan fingerprint density at radius 1 is 1.09 bits per heavy atom. The Balaban J connectivity index is 1.64. The Morgan fingerprint density at radius 2 is 1.77 bits per heavy atom. The van der Waals surface area contributed by atoms with Crippen LogP contribution >= 0.6 is 0 Å². The molecule has 3 aromatic rings. The topological polar surface area (TPSA) is 109 Å². The summed E-state index contributed by atoms with van der Waals surface area (Å²) in [6.07, 6.45) is 6.75. The Bertz CT molecular complexity index is 1180. The first-order valence-electron chi connectivity index (χ1n) is 12.1. The molecule has 0 saturated heterocycles. The zero-order chi connectivity index (χ0) is 25.1. The number of rotatable bonds is 7. The average Bonchev–Trinajstić information content (AvgIpc) is 3.29. The number of pyridine rings is 1. The van der Waals surface area contributed by atoms with Crippen molar-refractivity contribution in [2.45, 2.75) is 59.1 Å². The van der Waals surface area contributed by atoms with Gasteiger partial charge in [0, 0.05) is 29.9 Å². The summed E-state index contributed by atoms with van der Waals surface area (Å²) in [6.45, 7) is 5.92. The second kappa shape index (κ2) is 10.4. The van der Waals surface area contributed by atoms with Gasteiger partial charge in [0.05, 0.1) is 18.0 Å². The van der Waals surface area contributed by atoms with E-state index in [1.165, 1.54) is 10.9 Å². The van der Waals surface area contributed by atoms with Gasteiger partial charge in [0.1, 0.15) is 5.56 Å². The van der Waals surface area contributed by atoms with Crippen LogP contribution in [0.5, 0.6) is 0 Å². The molecule has 0 bridgehead atoms. The summed E-state index contributed by atoms with van der Waals surface area (Å²) in [4.78, 5) is 31.5. The molecule has 1 aliphatic carbocycles. The van der Waals surface area contributed by atoms with Crippen molar-refractivity contribution in [3.63, 3.8) is 0 Å². The molecule has 0 spiro atoms. The fourth-order valence-corrected chi connectivity index (χ4v) is 4.61. The lowest BCUT2D eigenvalue weighted by atomic mass is 9.82. The number of carbonyl (C=O) groups is 2. The molecule has 1 aliphatic rings. The number of aliphatic hydroxyl groups excluding tert-OH is 1. The predicted molar refractivity (Wildman–Crippen MR) is 133 cm³/mol. The largest absolute Gasteiger partial charge is 0.477 e. The quantitative estimate of drug-likeness (QED) is 0.512. The van der Waals surface area contributed by atoms with E-state index in [2.05, 4.69) is 17.0 Å². The van der Waals surface area contributed by atoms with Crippen molar-refractivity contribution in [1.29, 1.82) is 0 Å². The number of carboxylic acids is 1. The second-order valence-corrected chi connectivity index (χ2v) is 9.63. The van der Waals surface area contributed by atoms with Crippen LogP contribution in [0.2, 0.25) is 0 Å². The van der Waals surface area contributed by atoms with Crippen LogP contribution in [0.3, 0.4) is 0 Å². The number of aromatic nitrogens is 3. The van der Waals surface area contributed by atoms with Gasteiger partial charge in [-0.1, -0.05) is 25.1 Å². The molecule has 8 nitrogen and oxygen atoms in total. The van der Waals surface area contributed by atoms with E-state index in [4.69, 9.17) is 0 Å². The molecular weight excluding hydrogens is 444 g/mol. The number of hydrogen-bond acceptors (Lipinski definition) is 5. The summed E-state index contributed by atoms with van der Waals surface area (Å²) < 4.78 is 1.51. The average molecular weight is 477 g/mol. The van der Waals surface area contributed by atoms with Crippen LogP contribution in [0, 0.1) is 11.8 Å². The molecule has 2 heterocycles. The molecule has 1 saturated carbocycles. The van der Waals surface area contributed by atoms with Gasteiger partial charge in [-0.2, -0.15) is 0 Å². The van der Waals surface area contributed by atoms with Crippen molar-refractivity contribution >= 4 is 17.7 Å². The minimum Gasteiger partial charge on any atom is -0.477 e. The van der Waals surface area contributed by atoms with Crippen LogP contribution in [0.1, 0.15) is 62.4 Å². The van der Waals surface area contributed by atoms with Crippen LogP contribution < -0.4 is 4.90 Å². The minimum atomic E-state index is -1.12. The molecular formula is C27H32N4O4. The van der Waals surface area contributed by atoms with Gasteiger partial charge in [-0.3, -0.25) is 14.7 Å². The highest BCUT2D eigenvalue weighted by Gasteiger charge is 2.34. The first-order chi connectivity index (χ1) is 16.8. The van der Waals surface area contributed by atoms with Crippen molar-refractivity contribution in [2.24, 2.45) is 11.8 Å². The normalized spacial score (nSPS) is 18.0. The third-order valence-electron chi connectivity index (χ3n) is 6.71. The summed E-state index contributed by atoms with van der Waals surface area (Å²) in [7, 11) is 0. The number of anilines is 1. The molecule has 0 aliphatic heterocycles. The van der Waals surface area contributed by atoms with Gasteiger partial charge in [0.15, 0.2) is 5.82 Å². The van der Waals surface area contributed by atoms with Gasteiger partial charge in [-0.15, -0.1) is 5.10 Å². The van der Waals surface area contributed by atoms with E-state index in [0.717, 1.165) is 42.5 Å². The summed E-state index contributed by atoms with van der Waals surface area (Å²) in [5.41, 5.74) is 3.07. The molecule has 8 heteroatoms. The summed E-state index contributed by atoms with van der Waals surface area (Å²) in [5.74, 6) is -0.476. The fourth-order valence-electron chi connectivity index (χ4n) is 4.61. The van der Waals surface area contributed by atoms with E-state index >= 15 is 0 Å². The minimum absolute atomic E-state index is 0.00145. The standard InChI is InChI=1S/C27H32N4O4/c1-17(2)31(26(33)21-7-4-18(3)5-8-21)25-23(27(34)35)15-30(29-25)22-11-9-20(10-12-22)24-13-6-19(16-32)14-28-24/h6,9-15,17-18,21,32H,4-5,7-8,16H2,1-3H3,(H,34,35)/t18-,21-.